The highest BCUT2D eigenvalue weighted by Gasteiger charge is 2.29. The highest BCUT2D eigenvalue weighted by atomic mass is 32.2. The number of phosphoric ester groups is 2. The molecular formula is C9H22O9P2S. The zero-order valence-corrected chi connectivity index (χ0v) is 14.7. The molecule has 0 bridgehead atoms. The van der Waals surface area contributed by atoms with E-state index in [0.717, 1.165) is 11.8 Å². The molecule has 0 aliphatic heterocycles. The van der Waals surface area contributed by atoms with Crippen molar-refractivity contribution < 1.29 is 42.1 Å². The van der Waals surface area contributed by atoms with Gasteiger partial charge in [-0.25, -0.2) is 9.13 Å². The molecule has 21 heavy (non-hydrogen) atoms. The first kappa shape index (κ1) is 21.5. The van der Waals surface area contributed by atoms with Crippen LogP contribution in [0, 0.1) is 0 Å². The Balaban J connectivity index is 3.92. The number of hydrogen-bond acceptors (Lipinski definition) is 8. The van der Waals surface area contributed by atoms with E-state index in [0.29, 0.717) is 5.75 Å². The molecule has 0 fully saturated rings. The van der Waals surface area contributed by atoms with E-state index in [1.165, 1.54) is 0 Å². The SMILES string of the molecule is CC(C)(C)OP(=O)(O)OCCOP(=O)(O)OCSCCO. The Hall–Kier alpha value is 0.530. The summed E-state index contributed by atoms with van der Waals surface area (Å²) in [6, 6.07) is 0. The third-order valence-electron chi connectivity index (χ3n) is 1.52. The zero-order valence-electron chi connectivity index (χ0n) is 12.1. The summed E-state index contributed by atoms with van der Waals surface area (Å²) >= 11 is 1.11. The van der Waals surface area contributed by atoms with Crippen molar-refractivity contribution in [3.05, 3.63) is 0 Å². The normalized spacial score (nSPS) is 18.2. The fourth-order valence-electron chi connectivity index (χ4n) is 0.942. The van der Waals surface area contributed by atoms with E-state index < -0.39 is 34.5 Å². The fourth-order valence-corrected chi connectivity index (χ4v) is 3.45. The predicted molar refractivity (Wildman–Crippen MR) is 77.9 cm³/mol. The van der Waals surface area contributed by atoms with E-state index in [9.17, 15) is 18.9 Å². The van der Waals surface area contributed by atoms with Crippen molar-refractivity contribution >= 4 is 27.4 Å². The van der Waals surface area contributed by atoms with E-state index in [2.05, 4.69) is 13.6 Å². The lowest BCUT2D eigenvalue weighted by molar-refractivity contribution is 0.0521. The average molecular weight is 368 g/mol. The Morgan fingerprint density at radius 3 is 2.00 bits per heavy atom. The Morgan fingerprint density at radius 1 is 1.00 bits per heavy atom. The van der Waals surface area contributed by atoms with Crippen molar-refractivity contribution in [2.45, 2.75) is 26.4 Å². The lowest BCUT2D eigenvalue weighted by Gasteiger charge is -2.22. The standard InChI is InChI=1S/C9H22O9P2S/c1-9(2,3)18-20(13,14)16-6-5-15-19(11,12)17-8-21-7-4-10/h10H,4-8H2,1-3H3,(H,11,12)(H,13,14). The molecule has 0 saturated carbocycles. The molecule has 12 heteroatoms. The first-order valence-corrected chi connectivity index (χ1v) is 10.1. The zero-order chi connectivity index (χ0) is 16.6. The van der Waals surface area contributed by atoms with Crippen LogP contribution in [0.2, 0.25) is 0 Å². The van der Waals surface area contributed by atoms with Gasteiger partial charge in [-0.05, 0) is 20.8 Å². The van der Waals surface area contributed by atoms with Crippen molar-refractivity contribution in [2.75, 3.05) is 31.5 Å². The molecule has 2 unspecified atom stereocenters. The third kappa shape index (κ3) is 13.9. The molecule has 0 aliphatic carbocycles. The molecule has 0 radical (unpaired) electrons. The van der Waals surface area contributed by atoms with E-state index >= 15 is 0 Å². The minimum atomic E-state index is -4.25. The summed E-state index contributed by atoms with van der Waals surface area (Å²) in [6.07, 6.45) is 0. The number of phosphoric acid groups is 2. The molecule has 0 heterocycles. The van der Waals surface area contributed by atoms with Gasteiger partial charge in [0.25, 0.3) is 0 Å². The van der Waals surface area contributed by atoms with Crippen LogP contribution < -0.4 is 0 Å². The molecule has 0 amide bonds. The first-order chi connectivity index (χ1) is 9.47. The molecule has 0 aromatic heterocycles. The second-order valence-electron chi connectivity index (χ2n) is 4.69. The van der Waals surface area contributed by atoms with Crippen LogP contribution in [0.1, 0.15) is 20.8 Å². The third-order valence-corrected chi connectivity index (χ3v) is 4.70. The molecule has 0 aromatic rings. The average Bonchev–Trinajstić information content (AvgIpc) is 2.27. The van der Waals surface area contributed by atoms with Gasteiger partial charge in [0.2, 0.25) is 0 Å². The number of aliphatic hydroxyl groups excluding tert-OH is 1. The molecule has 9 nitrogen and oxygen atoms in total. The van der Waals surface area contributed by atoms with Crippen LogP contribution in [0.5, 0.6) is 0 Å². The van der Waals surface area contributed by atoms with Crippen molar-refractivity contribution in [3.8, 4) is 0 Å². The van der Waals surface area contributed by atoms with Crippen molar-refractivity contribution in [1.82, 2.24) is 0 Å². The molecule has 3 N–H and O–H groups in total. The Morgan fingerprint density at radius 2 is 1.52 bits per heavy atom. The van der Waals surface area contributed by atoms with Crippen molar-refractivity contribution in [1.29, 1.82) is 0 Å². The van der Waals surface area contributed by atoms with Crippen LogP contribution in [-0.2, 0) is 27.2 Å². The molecule has 0 rings (SSSR count). The minimum absolute atomic E-state index is 0.0714. The maximum atomic E-state index is 11.5. The van der Waals surface area contributed by atoms with Gasteiger partial charge in [-0.3, -0.25) is 18.1 Å². The number of hydrogen-bond donors (Lipinski definition) is 3. The lowest BCUT2D eigenvalue weighted by atomic mass is 10.2. The smallest absolute Gasteiger partial charge is 0.396 e. The van der Waals surface area contributed by atoms with Crippen LogP contribution >= 0.6 is 27.4 Å². The van der Waals surface area contributed by atoms with E-state index in [1.54, 1.807) is 20.8 Å². The van der Waals surface area contributed by atoms with Crippen LogP contribution in [-0.4, -0.2) is 52.0 Å². The van der Waals surface area contributed by atoms with Crippen molar-refractivity contribution in [3.63, 3.8) is 0 Å². The van der Waals surface area contributed by atoms with Gasteiger partial charge < -0.3 is 14.9 Å². The van der Waals surface area contributed by atoms with Gasteiger partial charge in [-0.1, -0.05) is 0 Å². The van der Waals surface area contributed by atoms with Gasteiger partial charge in [0.1, 0.15) is 5.94 Å². The van der Waals surface area contributed by atoms with Crippen LogP contribution in [0.4, 0.5) is 0 Å². The Bertz CT molecular complexity index is 384. The maximum absolute atomic E-state index is 11.5. The van der Waals surface area contributed by atoms with E-state index in [4.69, 9.17) is 9.63 Å². The second kappa shape index (κ2) is 9.62. The molecule has 0 aromatic carbocycles. The topological polar surface area (TPSA) is 132 Å². The fraction of sp³-hybridized carbons (Fsp3) is 1.00. The summed E-state index contributed by atoms with van der Waals surface area (Å²) < 4.78 is 41.3. The van der Waals surface area contributed by atoms with Crippen LogP contribution in [0.3, 0.4) is 0 Å². The summed E-state index contributed by atoms with van der Waals surface area (Å²) in [4.78, 5) is 18.6. The predicted octanol–water partition coefficient (Wildman–Crippen LogP) is 1.74. The van der Waals surface area contributed by atoms with Crippen LogP contribution in [0.25, 0.3) is 0 Å². The molecule has 2 atom stereocenters. The summed E-state index contributed by atoms with van der Waals surface area (Å²) in [6.45, 7) is 3.83. The van der Waals surface area contributed by atoms with Gasteiger partial charge in [0, 0.05) is 5.75 Å². The monoisotopic (exact) mass is 368 g/mol. The Kier molecular flexibility index (Phi) is 9.86. The van der Waals surface area contributed by atoms with Crippen molar-refractivity contribution in [2.24, 2.45) is 0 Å². The lowest BCUT2D eigenvalue weighted by Crippen LogP contribution is -2.18. The number of thioether (sulfide) groups is 1. The largest absolute Gasteiger partial charge is 0.473 e. The molecule has 0 spiro atoms. The van der Waals surface area contributed by atoms with Gasteiger partial charge >= 0.3 is 15.6 Å². The first-order valence-electron chi connectivity index (χ1n) is 5.96. The maximum Gasteiger partial charge on any atom is 0.473 e. The highest BCUT2D eigenvalue weighted by molar-refractivity contribution is 7.99. The molecule has 128 valence electrons. The van der Waals surface area contributed by atoms with E-state index in [1.807, 2.05) is 0 Å². The summed E-state index contributed by atoms with van der Waals surface area (Å²) in [5.74, 6) is 0.238. The van der Waals surface area contributed by atoms with Gasteiger partial charge in [0.15, 0.2) is 0 Å². The molecule has 0 saturated heterocycles. The number of aliphatic hydroxyl groups is 1. The molecule has 0 aliphatic rings. The summed E-state index contributed by atoms with van der Waals surface area (Å²) in [7, 11) is -8.50. The minimum Gasteiger partial charge on any atom is -0.396 e. The summed E-state index contributed by atoms with van der Waals surface area (Å²) in [5.41, 5.74) is -0.871. The van der Waals surface area contributed by atoms with Crippen LogP contribution in [0.15, 0.2) is 0 Å². The summed E-state index contributed by atoms with van der Waals surface area (Å²) in [5, 5.41) is 8.51. The second-order valence-corrected chi connectivity index (χ2v) is 8.57. The van der Waals surface area contributed by atoms with Gasteiger partial charge in [0.05, 0.1) is 25.4 Å². The molecular weight excluding hydrogens is 346 g/mol. The quantitative estimate of drug-likeness (QED) is 0.281. The highest BCUT2D eigenvalue weighted by Crippen LogP contribution is 2.48. The van der Waals surface area contributed by atoms with Gasteiger partial charge in [-0.15, -0.1) is 11.8 Å². The van der Waals surface area contributed by atoms with Gasteiger partial charge in [-0.2, -0.15) is 0 Å². The number of rotatable bonds is 11. The Labute approximate surface area is 128 Å². The van der Waals surface area contributed by atoms with E-state index in [-0.39, 0.29) is 12.5 Å².